The van der Waals surface area contributed by atoms with Gasteiger partial charge in [-0.3, -0.25) is 19.3 Å². The number of imide groups is 1. The van der Waals surface area contributed by atoms with Crippen molar-refractivity contribution in [2.45, 2.75) is 6.42 Å². The Labute approximate surface area is 161 Å². The second-order valence-corrected chi connectivity index (χ2v) is 6.04. The lowest BCUT2D eigenvalue weighted by molar-refractivity contribution is -0.121. The molecule has 2 aromatic carbocycles. The van der Waals surface area contributed by atoms with Crippen LogP contribution in [0.5, 0.6) is 5.75 Å². The lowest BCUT2D eigenvalue weighted by Crippen LogP contribution is -2.38. The molecular formula is C20H19N3O5. The Balaban J connectivity index is 1.35. The van der Waals surface area contributed by atoms with E-state index in [9.17, 15) is 19.2 Å². The van der Waals surface area contributed by atoms with Gasteiger partial charge in [0.05, 0.1) is 11.1 Å². The van der Waals surface area contributed by atoms with E-state index < -0.39 is 17.9 Å². The highest BCUT2D eigenvalue weighted by atomic mass is 16.6. The minimum atomic E-state index is -0.619. The predicted molar refractivity (Wildman–Crippen MR) is 99.9 cm³/mol. The first-order valence-electron chi connectivity index (χ1n) is 8.79. The molecule has 0 aromatic heterocycles. The standard InChI is InChI=1S/C20H19N3O5/c24-17(21-11-12-22-20(27)28-14-6-2-1-3-7-14)10-13-23-18(25)15-8-4-5-9-16(15)19(23)26/h1-9H,10-13H2,(H,21,24)(H,22,27). The number of carbonyl (C=O) groups is 4. The van der Waals surface area contributed by atoms with Gasteiger partial charge >= 0.3 is 6.09 Å². The van der Waals surface area contributed by atoms with Gasteiger partial charge in [0.25, 0.3) is 11.8 Å². The summed E-state index contributed by atoms with van der Waals surface area (Å²) in [6.07, 6.45) is -0.633. The summed E-state index contributed by atoms with van der Waals surface area (Å²) in [5, 5.41) is 5.13. The van der Waals surface area contributed by atoms with Gasteiger partial charge in [-0.15, -0.1) is 0 Å². The molecule has 2 N–H and O–H groups in total. The Bertz CT molecular complexity index is 863. The third-order valence-corrected chi connectivity index (χ3v) is 4.11. The smallest absolute Gasteiger partial charge is 0.410 e. The summed E-state index contributed by atoms with van der Waals surface area (Å²) in [7, 11) is 0. The summed E-state index contributed by atoms with van der Waals surface area (Å²) in [4.78, 5) is 49.0. The molecule has 0 aliphatic carbocycles. The Morgan fingerprint density at radius 3 is 2.04 bits per heavy atom. The maximum atomic E-state index is 12.2. The first-order chi connectivity index (χ1) is 13.6. The van der Waals surface area contributed by atoms with Gasteiger partial charge in [0.2, 0.25) is 5.91 Å². The van der Waals surface area contributed by atoms with Gasteiger partial charge in [-0.05, 0) is 24.3 Å². The lowest BCUT2D eigenvalue weighted by Gasteiger charge is -2.13. The summed E-state index contributed by atoms with van der Waals surface area (Å²) in [5.74, 6) is -0.683. The molecule has 28 heavy (non-hydrogen) atoms. The van der Waals surface area contributed by atoms with E-state index in [-0.39, 0.29) is 32.0 Å². The van der Waals surface area contributed by atoms with Crippen LogP contribution in [-0.4, -0.2) is 48.3 Å². The Hall–Kier alpha value is -3.68. The monoisotopic (exact) mass is 381 g/mol. The molecule has 3 rings (SSSR count). The molecule has 1 heterocycles. The van der Waals surface area contributed by atoms with E-state index >= 15 is 0 Å². The molecule has 0 fully saturated rings. The van der Waals surface area contributed by atoms with E-state index in [4.69, 9.17) is 4.74 Å². The molecule has 0 unspecified atom stereocenters. The minimum Gasteiger partial charge on any atom is -0.410 e. The number of para-hydroxylation sites is 1. The Morgan fingerprint density at radius 1 is 0.821 bits per heavy atom. The fourth-order valence-corrected chi connectivity index (χ4v) is 2.74. The number of hydrogen-bond acceptors (Lipinski definition) is 5. The van der Waals surface area contributed by atoms with E-state index in [0.29, 0.717) is 16.9 Å². The van der Waals surface area contributed by atoms with Crippen LogP contribution < -0.4 is 15.4 Å². The van der Waals surface area contributed by atoms with Crippen LogP contribution in [0.2, 0.25) is 0 Å². The van der Waals surface area contributed by atoms with Crippen LogP contribution in [0.3, 0.4) is 0 Å². The Kier molecular flexibility index (Phi) is 6.01. The number of fused-ring (bicyclic) bond motifs is 1. The fraction of sp³-hybridized carbons (Fsp3) is 0.200. The van der Waals surface area contributed by atoms with Crippen molar-refractivity contribution < 1.29 is 23.9 Å². The number of benzene rings is 2. The molecule has 0 spiro atoms. The predicted octanol–water partition coefficient (Wildman–Crippen LogP) is 1.58. The van der Waals surface area contributed by atoms with Crippen LogP contribution in [0.1, 0.15) is 27.1 Å². The molecule has 4 amide bonds. The maximum Gasteiger partial charge on any atom is 0.412 e. The fourth-order valence-electron chi connectivity index (χ4n) is 2.74. The van der Waals surface area contributed by atoms with Crippen molar-refractivity contribution >= 4 is 23.8 Å². The number of hydrogen-bond donors (Lipinski definition) is 2. The SMILES string of the molecule is O=C(CCN1C(=O)c2ccccc2C1=O)NCCNC(=O)Oc1ccccc1. The minimum absolute atomic E-state index is 0.00164. The van der Waals surface area contributed by atoms with Crippen LogP contribution in [0.4, 0.5) is 4.79 Å². The van der Waals surface area contributed by atoms with Crippen molar-refractivity contribution in [1.29, 1.82) is 0 Å². The van der Waals surface area contributed by atoms with Gasteiger partial charge in [0.1, 0.15) is 5.75 Å². The van der Waals surface area contributed by atoms with E-state index in [1.165, 1.54) is 0 Å². The Morgan fingerprint density at radius 2 is 1.39 bits per heavy atom. The highest BCUT2D eigenvalue weighted by molar-refractivity contribution is 6.21. The van der Waals surface area contributed by atoms with E-state index in [1.54, 1.807) is 48.5 Å². The summed E-state index contributed by atoms with van der Waals surface area (Å²) >= 11 is 0. The summed E-state index contributed by atoms with van der Waals surface area (Å²) < 4.78 is 5.05. The second kappa shape index (κ2) is 8.81. The number of nitrogens with one attached hydrogen (secondary N) is 2. The zero-order valence-corrected chi connectivity index (χ0v) is 15.0. The van der Waals surface area contributed by atoms with E-state index in [0.717, 1.165) is 4.90 Å². The highest BCUT2D eigenvalue weighted by Crippen LogP contribution is 2.22. The lowest BCUT2D eigenvalue weighted by atomic mass is 10.1. The normalized spacial score (nSPS) is 12.5. The zero-order valence-electron chi connectivity index (χ0n) is 15.0. The summed E-state index contributed by atoms with van der Waals surface area (Å²) in [6.45, 7) is 0.386. The van der Waals surface area contributed by atoms with Crippen molar-refractivity contribution in [3.05, 3.63) is 65.7 Å². The molecule has 8 nitrogen and oxygen atoms in total. The summed E-state index contributed by atoms with van der Waals surface area (Å²) in [5.41, 5.74) is 0.711. The number of amides is 4. The third kappa shape index (κ3) is 4.53. The molecule has 0 atom stereocenters. The van der Waals surface area contributed by atoms with Gasteiger partial charge in [0.15, 0.2) is 0 Å². The topological polar surface area (TPSA) is 105 Å². The van der Waals surface area contributed by atoms with Crippen molar-refractivity contribution in [1.82, 2.24) is 15.5 Å². The van der Waals surface area contributed by atoms with Gasteiger partial charge in [-0.2, -0.15) is 0 Å². The van der Waals surface area contributed by atoms with Crippen molar-refractivity contribution in [3.63, 3.8) is 0 Å². The quantitative estimate of drug-likeness (QED) is 0.560. The number of ether oxygens (including phenoxy) is 1. The molecular weight excluding hydrogens is 362 g/mol. The molecule has 0 saturated heterocycles. The number of carbonyl (C=O) groups excluding carboxylic acids is 4. The van der Waals surface area contributed by atoms with Gasteiger partial charge < -0.3 is 15.4 Å². The van der Waals surface area contributed by atoms with Crippen molar-refractivity contribution in [3.8, 4) is 5.75 Å². The average Bonchev–Trinajstić information content (AvgIpc) is 2.95. The summed E-state index contributed by atoms with van der Waals surface area (Å²) in [6, 6.07) is 15.2. The van der Waals surface area contributed by atoms with Crippen molar-refractivity contribution in [2.24, 2.45) is 0 Å². The number of nitrogens with zero attached hydrogens (tertiary/aromatic N) is 1. The molecule has 1 aliphatic rings. The van der Waals surface area contributed by atoms with Gasteiger partial charge in [-0.1, -0.05) is 30.3 Å². The molecule has 0 saturated carbocycles. The van der Waals surface area contributed by atoms with Gasteiger partial charge in [0, 0.05) is 26.1 Å². The molecule has 1 aliphatic heterocycles. The molecule has 2 aromatic rings. The van der Waals surface area contributed by atoms with Crippen LogP contribution >= 0.6 is 0 Å². The van der Waals surface area contributed by atoms with Crippen LogP contribution in [-0.2, 0) is 4.79 Å². The molecule has 0 bridgehead atoms. The van der Waals surface area contributed by atoms with Gasteiger partial charge in [-0.25, -0.2) is 4.79 Å². The molecule has 0 radical (unpaired) electrons. The third-order valence-electron chi connectivity index (χ3n) is 4.11. The van der Waals surface area contributed by atoms with Crippen molar-refractivity contribution in [2.75, 3.05) is 19.6 Å². The molecule has 144 valence electrons. The second-order valence-electron chi connectivity index (χ2n) is 6.04. The molecule has 8 heteroatoms. The average molecular weight is 381 g/mol. The van der Waals surface area contributed by atoms with E-state index in [1.807, 2.05) is 6.07 Å². The first-order valence-corrected chi connectivity index (χ1v) is 8.79. The zero-order chi connectivity index (χ0) is 19.9. The number of rotatable bonds is 7. The van der Waals surface area contributed by atoms with Crippen LogP contribution in [0, 0.1) is 0 Å². The van der Waals surface area contributed by atoms with Crippen LogP contribution in [0.15, 0.2) is 54.6 Å². The first kappa shape index (κ1) is 19.1. The van der Waals surface area contributed by atoms with Crippen LogP contribution in [0.25, 0.3) is 0 Å². The maximum absolute atomic E-state index is 12.2. The van der Waals surface area contributed by atoms with E-state index in [2.05, 4.69) is 10.6 Å². The largest absolute Gasteiger partial charge is 0.412 e. The highest BCUT2D eigenvalue weighted by Gasteiger charge is 2.34.